The van der Waals surface area contributed by atoms with Crippen molar-refractivity contribution < 1.29 is 14.6 Å². The van der Waals surface area contributed by atoms with Gasteiger partial charge in [-0.1, -0.05) is 38.1 Å². The number of ether oxygens (including phenoxy) is 2. The second-order valence-electron chi connectivity index (χ2n) is 7.92. The van der Waals surface area contributed by atoms with Gasteiger partial charge < -0.3 is 24.9 Å². The first-order chi connectivity index (χ1) is 15.0. The first-order valence-electron chi connectivity index (χ1n) is 11.2. The van der Waals surface area contributed by atoms with E-state index in [-0.39, 0.29) is 12.7 Å². The number of aliphatic hydroxyl groups is 1. The van der Waals surface area contributed by atoms with E-state index in [4.69, 9.17) is 14.5 Å². The van der Waals surface area contributed by atoms with Gasteiger partial charge in [0.1, 0.15) is 0 Å². The third-order valence-electron chi connectivity index (χ3n) is 5.52. The van der Waals surface area contributed by atoms with Crippen molar-refractivity contribution in [2.24, 2.45) is 0 Å². The highest BCUT2D eigenvalue weighted by atomic mass is 16.6. The highest BCUT2D eigenvalue weighted by molar-refractivity contribution is 5.71. The molecule has 0 amide bonds. The number of nitrogens with zero attached hydrogens (tertiary/aromatic N) is 1. The summed E-state index contributed by atoms with van der Waals surface area (Å²) in [6.45, 7) is 11.0. The van der Waals surface area contributed by atoms with Crippen molar-refractivity contribution in [2.75, 3.05) is 33.0 Å². The molecule has 0 radical (unpaired) electrons. The van der Waals surface area contributed by atoms with E-state index in [0.717, 1.165) is 52.5 Å². The number of allylic oxidation sites excluding steroid dienone is 1. The number of benzene rings is 1. The second kappa shape index (κ2) is 11.3. The molecule has 0 aliphatic carbocycles. The molecule has 2 heterocycles. The summed E-state index contributed by atoms with van der Waals surface area (Å²) in [5.41, 5.74) is 7.31. The maximum Gasteiger partial charge on any atom is 0.154 e. The van der Waals surface area contributed by atoms with Crippen LogP contribution in [0.15, 0.2) is 29.8 Å². The number of aliphatic hydroxyl groups excluding tert-OH is 1. The molecule has 1 fully saturated rings. The van der Waals surface area contributed by atoms with Crippen molar-refractivity contribution in [1.29, 1.82) is 0 Å². The molecule has 1 aromatic carbocycles. The van der Waals surface area contributed by atoms with Crippen LogP contribution in [-0.4, -0.2) is 54.2 Å². The Kier molecular flexibility index (Phi) is 8.46. The van der Waals surface area contributed by atoms with Gasteiger partial charge in [-0.3, -0.25) is 0 Å². The zero-order chi connectivity index (χ0) is 22.2. The molecular weight excluding hydrogens is 390 g/mol. The van der Waals surface area contributed by atoms with Gasteiger partial charge in [0.25, 0.3) is 0 Å². The fourth-order valence-electron chi connectivity index (χ4n) is 3.63. The van der Waals surface area contributed by atoms with E-state index in [9.17, 15) is 5.11 Å². The van der Waals surface area contributed by atoms with E-state index in [1.54, 1.807) is 0 Å². The lowest BCUT2D eigenvalue weighted by atomic mass is 10.00. The van der Waals surface area contributed by atoms with E-state index < -0.39 is 0 Å². The summed E-state index contributed by atoms with van der Waals surface area (Å²) >= 11 is 0. The van der Waals surface area contributed by atoms with Gasteiger partial charge in [-0.25, -0.2) is 4.98 Å². The van der Waals surface area contributed by atoms with Gasteiger partial charge in [-0.2, -0.15) is 0 Å². The van der Waals surface area contributed by atoms with Crippen LogP contribution in [0.5, 0.6) is 0 Å². The average molecular weight is 426 g/mol. The van der Waals surface area contributed by atoms with Crippen LogP contribution in [-0.2, 0) is 9.47 Å². The Labute approximate surface area is 185 Å². The topological polar surface area (TPSA) is 79.4 Å². The monoisotopic (exact) mass is 425 g/mol. The van der Waals surface area contributed by atoms with Crippen LogP contribution in [0.4, 0.5) is 0 Å². The molecule has 3 rings (SSSR count). The summed E-state index contributed by atoms with van der Waals surface area (Å²) in [6, 6.07) is 6.37. The van der Waals surface area contributed by atoms with E-state index in [2.05, 4.69) is 61.4 Å². The van der Waals surface area contributed by atoms with Crippen molar-refractivity contribution in [3.8, 4) is 11.3 Å². The molecule has 6 nitrogen and oxygen atoms in total. The minimum atomic E-state index is 0.0512. The summed E-state index contributed by atoms with van der Waals surface area (Å²) in [6.07, 6.45) is 6.01. The highest BCUT2D eigenvalue weighted by Gasteiger charge is 2.17. The largest absolute Gasteiger partial charge is 0.392 e. The number of nitrogens with one attached hydrogen (secondary N) is 2. The predicted octanol–water partition coefficient (Wildman–Crippen LogP) is 4.24. The van der Waals surface area contributed by atoms with Gasteiger partial charge >= 0.3 is 0 Å². The molecule has 0 saturated carbocycles. The molecule has 0 spiro atoms. The Morgan fingerprint density at radius 1 is 1.29 bits per heavy atom. The molecule has 1 unspecified atom stereocenters. The molecule has 3 N–H and O–H groups in total. The van der Waals surface area contributed by atoms with E-state index >= 15 is 0 Å². The zero-order valence-electron chi connectivity index (χ0n) is 19.1. The fourth-order valence-corrected chi connectivity index (χ4v) is 3.63. The Morgan fingerprint density at radius 2 is 2.13 bits per heavy atom. The standard InChI is InChI=1S/C25H35N3O3/c1-5-7-23(26-14-22-16-30-10-11-31-22)25-27-18(4)24(28-25)20-9-8-17(3)21(13-20)12-19(6-2)15-29/h7-9,12-13,22,26,29H,5-6,10-11,14-16H2,1-4H3,(H,27,28)/b19-12+,23-7-. The smallest absolute Gasteiger partial charge is 0.154 e. The molecule has 31 heavy (non-hydrogen) atoms. The lowest BCUT2D eigenvalue weighted by Crippen LogP contribution is -2.37. The van der Waals surface area contributed by atoms with E-state index in [1.807, 2.05) is 6.92 Å². The normalized spacial score (nSPS) is 17.8. The van der Waals surface area contributed by atoms with Gasteiger partial charge in [0.05, 0.1) is 43.9 Å². The maximum atomic E-state index is 9.55. The summed E-state index contributed by atoms with van der Waals surface area (Å²) in [7, 11) is 0. The number of rotatable bonds is 9. The summed E-state index contributed by atoms with van der Waals surface area (Å²) in [4.78, 5) is 8.37. The fraction of sp³-hybridized carbons (Fsp3) is 0.480. The molecule has 2 aromatic rings. The highest BCUT2D eigenvalue weighted by Crippen LogP contribution is 2.27. The second-order valence-corrected chi connectivity index (χ2v) is 7.92. The van der Waals surface area contributed by atoms with Crippen LogP contribution < -0.4 is 5.32 Å². The number of hydrogen-bond donors (Lipinski definition) is 3. The predicted molar refractivity (Wildman–Crippen MR) is 126 cm³/mol. The number of aromatic amines is 1. The van der Waals surface area contributed by atoms with E-state index in [1.165, 1.54) is 5.56 Å². The number of aryl methyl sites for hydroxylation is 2. The Morgan fingerprint density at radius 3 is 2.81 bits per heavy atom. The quantitative estimate of drug-likeness (QED) is 0.560. The Hall–Kier alpha value is -2.41. The number of aromatic nitrogens is 2. The summed E-state index contributed by atoms with van der Waals surface area (Å²) < 4.78 is 11.2. The van der Waals surface area contributed by atoms with Crippen LogP contribution in [0.3, 0.4) is 0 Å². The van der Waals surface area contributed by atoms with Crippen molar-refractivity contribution in [3.05, 3.63) is 52.5 Å². The van der Waals surface area contributed by atoms with Gasteiger partial charge in [0, 0.05) is 17.8 Å². The van der Waals surface area contributed by atoms with Crippen LogP contribution in [0.1, 0.15) is 49.3 Å². The maximum absolute atomic E-state index is 9.55. The molecule has 1 aromatic heterocycles. The van der Waals surface area contributed by atoms with E-state index in [0.29, 0.717) is 26.4 Å². The van der Waals surface area contributed by atoms with Crippen molar-refractivity contribution in [3.63, 3.8) is 0 Å². The van der Waals surface area contributed by atoms with Crippen LogP contribution >= 0.6 is 0 Å². The van der Waals surface area contributed by atoms with Crippen molar-refractivity contribution >= 4 is 11.8 Å². The minimum absolute atomic E-state index is 0.0512. The molecular formula is C25H35N3O3. The molecule has 168 valence electrons. The van der Waals surface area contributed by atoms with Gasteiger partial charge in [-0.15, -0.1) is 0 Å². The Balaban J connectivity index is 1.85. The van der Waals surface area contributed by atoms with Crippen LogP contribution in [0, 0.1) is 13.8 Å². The molecule has 1 saturated heterocycles. The Bertz CT molecular complexity index is 918. The van der Waals surface area contributed by atoms with Gasteiger partial charge in [0.2, 0.25) is 0 Å². The molecule has 1 aliphatic heterocycles. The SMILES string of the molecule is CC/C=C(\NCC1COCCO1)c1nc(-c2ccc(C)c(/C=C(\CC)CO)c2)c(C)[nH]1. The lowest BCUT2D eigenvalue weighted by Gasteiger charge is -2.23. The third kappa shape index (κ3) is 6.06. The first-order valence-corrected chi connectivity index (χ1v) is 11.2. The van der Waals surface area contributed by atoms with Gasteiger partial charge in [0.15, 0.2) is 5.82 Å². The number of H-pyrrole nitrogens is 1. The third-order valence-corrected chi connectivity index (χ3v) is 5.52. The van der Waals surface area contributed by atoms with Crippen molar-refractivity contribution in [1.82, 2.24) is 15.3 Å². The van der Waals surface area contributed by atoms with Crippen molar-refractivity contribution in [2.45, 2.75) is 46.6 Å². The zero-order valence-corrected chi connectivity index (χ0v) is 19.1. The lowest BCUT2D eigenvalue weighted by molar-refractivity contribution is -0.0851. The molecule has 1 aliphatic rings. The molecule has 1 atom stereocenters. The van der Waals surface area contributed by atoms with Gasteiger partial charge in [-0.05, 0) is 49.5 Å². The van der Waals surface area contributed by atoms with Crippen LogP contribution in [0.25, 0.3) is 23.0 Å². The summed E-state index contributed by atoms with van der Waals surface area (Å²) in [5.74, 6) is 0.827. The number of imidazole rings is 1. The van der Waals surface area contributed by atoms with Crippen LogP contribution in [0.2, 0.25) is 0 Å². The number of hydrogen-bond acceptors (Lipinski definition) is 5. The summed E-state index contributed by atoms with van der Waals surface area (Å²) in [5, 5.41) is 13.0. The molecule has 6 heteroatoms. The first kappa shape index (κ1) is 23.3. The minimum Gasteiger partial charge on any atom is -0.392 e. The molecule has 0 bridgehead atoms. The average Bonchev–Trinajstić information content (AvgIpc) is 3.18.